The molecular weight excluding hydrogens is 324 g/mol. The van der Waals surface area contributed by atoms with Crippen LogP contribution in [0.2, 0.25) is 0 Å². The molecule has 6 heteroatoms. The van der Waals surface area contributed by atoms with Gasteiger partial charge in [-0.2, -0.15) is 0 Å². The van der Waals surface area contributed by atoms with Crippen LogP contribution in [0.4, 0.5) is 0 Å². The number of carbonyl (C=O) groups excluding carboxylic acids is 1. The minimum atomic E-state index is -0.990. The van der Waals surface area contributed by atoms with Crippen LogP contribution < -0.4 is 0 Å². The molecule has 0 spiro atoms. The zero-order valence-corrected chi connectivity index (χ0v) is 15.6. The molecule has 0 bridgehead atoms. The summed E-state index contributed by atoms with van der Waals surface area (Å²) in [5, 5.41) is 36.3. The van der Waals surface area contributed by atoms with E-state index in [0.29, 0.717) is 6.42 Å². The first-order valence-corrected chi connectivity index (χ1v) is 9.83. The molecule has 150 valence electrons. The van der Waals surface area contributed by atoms with Crippen molar-refractivity contribution in [3.63, 3.8) is 0 Å². The minimum absolute atomic E-state index is 0.144. The Labute approximate surface area is 152 Å². The molecule has 0 rings (SSSR count). The first kappa shape index (κ1) is 24.3. The Hall–Kier alpha value is -0.690. The molecular formula is C19H38O6. The number of carbonyl (C=O) groups is 1. The lowest BCUT2D eigenvalue weighted by atomic mass is 10.0. The minimum Gasteiger partial charge on any atom is -0.463 e. The number of rotatable bonds is 18. The highest BCUT2D eigenvalue weighted by Gasteiger charge is 2.07. The number of esters is 1. The molecule has 0 aliphatic heterocycles. The van der Waals surface area contributed by atoms with Crippen molar-refractivity contribution in [2.75, 3.05) is 19.8 Å². The van der Waals surface area contributed by atoms with Crippen LogP contribution in [0.5, 0.6) is 0 Å². The quantitative estimate of drug-likeness (QED) is 0.220. The molecule has 2 atom stereocenters. The van der Waals surface area contributed by atoms with Gasteiger partial charge in [-0.05, 0) is 25.7 Å². The van der Waals surface area contributed by atoms with E-state index < -0.39 is 12.7 Å². The second-order valence-electron chi connectivity index (χ2n) is 6.76. The molecule has 25 heavy (non-hydrogen) atoms. The highest BCUT2D eigenvalue weighted by Crippen LogP contribution is 2.13. The number of aliphatic hydroxyl groups excluding tert-OH is 4. The van der Waals surface area contributed by atoms with E-state index in [1.807, 2.05) is 0 Å². The molecule has 4 N–H and O–H groups in total. The Morgan fingerprint density at radius 3 is 1.80 bits per heavy atom. The molecule has 0 amide bonds. The predicted molar refractivity (Wildman–Crippen MR) is 97.2 cm³/mol. The first-order chi connectivity index (χ1) is 12.1. The van der Waals surface area contributed by atoms with Gasteiger partial charge in [-0.15, -0.1) is 0 Å². The van der Waals surface area contributed by atoms with Crippen molar-refractivity contribution in [1.29, 1.82) is 0 Å². The van der Waals surface area contributed by atoms with Gasteiger partial charge in [-0.1, -0.05) is 51.4 Å². The van der Waals surface area contributed by atoms with Gasteiger partial charge in [0.25, 0.3) is 0 Å². The molecule has 0 fully saturated rings. The van der Waals surface area contributed by atoms with E-state index in [1.54, 1.807) is 0 Å². The summed E-state index contributed by atoms with van der Waals surface area (Å²) in [4.78, 5) is 11.4. The maximum absolute atomic E-state index is 11.4. The van der Waals surface area contributed by atoms with Crippen LogP contribution in [-0.4, -0.2) is 58.4 Å². The average Bonchev–Trinajstić information content (AvgIpc) is 2.61. The molecule has 0 aromatic rings. The van der Waals surface area contributed by atoms with Crippen LogP contribution in [0, 0.1) is 0 Å². The number of aliphatic hydroxyl groups is 4. The standard InChI is InChI=1S/C19H38O6/c20-14-10-6-2-4-8-12-17(22)11-7-3-1-5-9-13-19(24)25-16-18(23)15-21/h17-18,20-23H,1-16H2. The molecule has 0 aliphatic carbocycles. The van der Waals surface area contributed by atoms with Gasteiger partial charge >= 0.3 is 5.97 Å². The molecule has 0 aromatic heterocycles. The normalized spacial score (nSPS) is 13.6. The fraction of sp³-hybridized carbons (Fsp3) is 0.947. The Balaban J connectivity index is 3.30. The largest absolute Gasteiger partial charge is 0.463 e. The Bertz CT molecular complexity index is 298. The van der Waals surface area contributed by atoms with E-state index in [2.05, 4.69) is 0 Å². The van der Waals surface area contributed by atoms with Gasteiger partial charge in [0.2, 0.25) is 0 Å². The summed E-state index contributed by atoms with van der Waals surface area (Å²) in [6.07, 6.45) is 11.0. The summed E-state index contributed by atoms with van der Waals surface area (Å²) in [7, 11) is 0. The lowest BCUT2D eigenvalue weighted by Gasteiger charge is -2.10. The summed E-state index contributed by atoms with van der Waals surface area (Å²) in [5.41, 5.74) is 0. The Kier molecular flexibility index (Phi) is 17.6. The van der Waals surface area contributed by atoms with Crippen LogP contribution >= 0.6 is 0 Å². The van der Waals surface area contributed by atoms with Crippen LogP contribution in [0.3, 0.4) is 0 Å². The smallest absolute Gasteiger partial charge is 0.305 e. The van der Waals surface area contributed by atoms with Crippen molar-refractivity contribution in [3.8, 4) is 0 Å². The molecule has 0 saturated heterocycles. The third kappa shape index (κ3) is 17.9. The zero-order chi connectivity index (χ0) is 18.8. The van der Waals surface area contributed by atoms with Gasteiger partial charge in [0.1, 0.15) is 12.7 Å². The lowest BCUT2D eigenvalue weighted by Crippen LogP contribution is -2.21. The molecule has 0 aliphatic rings. The van der Waals surface area contributed by atoms with E-state index in [-0.39, 0.29) is 25.3 Å². The van der Waals surface area contributed by atoms with Gasteiger partial charge in [0.15, 0.2) is 0 Å². The first-order valence-electron chi connectivity index (χ1n) is 9.83. The number of hydrogen-bond donors (Lipinski definition) is 4. The van der Waals surface area contributed by atoms with Crippen molar-refractivity contribution in [1.82, 2.24) is 0 Å². The highest BCUT2D eigenvalue weighted by atomic mass is 16.5. The van der Waals surface area contributed by atoms with E-state index in [0.717, 1.165) is 77.0 Å². The summed E-state index contributed by atoms with van der Waals surface area (Å²) < 4.78 is 4.83. The monoisotopic (exact) mass is 362 g/mol. The van der Waals surface area contributed by atoms with Gasteiger partial charge in [-0.3, -0.25) is 4.79 Å². The van der Waals surface area contributed by atoms with E-state index in [9.17, 15) is 9.90 Å². The summed E-state index contributed by atoms with van der Waals surface area (Å²) in [5.74, 6) is -0.332. The highest BCUT2D eigenvalue weighted by molar-refractivity contribution is 5.69. The van der Waals surface area contributed by atoms with Crippen molar-refractivity contribution >= 4 is 5.97 Å². The number of hydrogen-bond acceptors (Lipinski definition) is 6. The van der Waals surface area contributed by atoms with E-state index in [4.69, 9.17) is 20.1 Å². The van der Waals surface area contributed by atoms with E-state index >= 15 is 0 Å². The van der Waals surface area contributed by atoms with Gasteiger partial charge in [0.05, 0.1) is 12.7 Å². The van der Waals surface area contributed by atoms with Gasteiger partial charge < -0.3 is 25.2 Å². The maximum Gasteiger partial charge on any atom is 0.305 e. The lowest BCUT2D eigenvalue weighted by molar-refractivity contribution is -0.147. The Morgan fingerprint density at radius 1 is 0.720 bits per heavy atom. The maximum atomic E-state index is 11.4. The zero-order valence-electron chi connectivity index (χ0n) is 15.6. The predicted octanol–water partition coefficient (Wildman–Crippen LogP) is 2.31. The SMILES string of the molecule is O=C(CCCCCCCC(O)CCCCCCCO)OCC(O)CO. The van der Waals surface area contributed by atoms with Crippen LogP contribution in [-0.2, 0) is 9.53 Å². The van der Waals surface area contributed by atoms with Gasteiger partial charge in [-0.25, -0.2) is 0 Å². The molecule has 0 saturated carbocycles. The van der Waals surface area contributed by atoms with Crippen LogP contribution in [0.25, 0.3) is 0 Å². The Morgan fingerprint density at radius 2 is 1.24 bits per heavy atom. The van der Waals surface area contributed by atoms with Crippen molar-refractivity contribution in [2.24, 2.45) is 0 Å². The average molecular weight is 363 g/mol. The van der Waals surface area contributed by atoms with Gasteiger partial charge in [0, 0.05) is 13.0 Å². The summed E-state index contributed by atoms with van der Waals surface area (Å²) in [6, 6.07) is 0. The molecule has 0 heterocycles. The van der Waals surface area contributed by atoms with Crippen molar-refractivity contribution < 1.29 is 30.0 Å². The molecule has 0 radical (unpaired) electrons. The fourth-order valence-corrected chi connectivity index (χ4v) is 2.66. The topological polar surface area (TPSA) is 107 Å². The molecule has 2 unspecified atom stereocenters. The second-order valence-corrected chi connectivity index (χ2v) is 6.76. The fourth-order valence-electron chi connectivity index (χ4n) is 2.66. The van der Waals surface area contributed by atoms with Crippen LogP contribution in [0.1, 0.15) is 83.5 Å². The molecule has 0 aromatic carbocycles. The molecule has 6 nitrogen and oxygen atoms in total. The van der Waals surface area contributed by atoms with Crippen molar-refractivity contribution in [2.45, 2.75) is 95.7 Å². The number of ether oxygens (including phenoxy) is 1. The van der Waals surface area contributed by atoms with Crippen LogP contribution in [0.15, 0.2) is 0 Å². The second kappa shape index (κ2) is 18.1. The third-order valence-electron chi connectivity index (χ3n) is 4.26. The van der Waals surface area contributed by atoms with E-state index in [1.165, 1.54) is 0 Å². The summed E-state index contributed by atoms with van der Waals surface area (Å²) in [6.45, 7) is -0.270. The number of unbranched alkanes of at least 4 members (excludes halogenated alkanes) is 8. The third-order valence-corrected chi connectivity index (χ3v) is 4.26. The van der Waals surface area contributed by atoms with Crippen molar-refractivity contribution in [3.05, 3.63) is 0 Å². The summed E-state index contributed by atoms with van der Waals surface area (Å²) >= 11 is 0.